The Morgan fingerprint density at radius 3 is 2.77 bits per heavy atom. The number of hydrogen-bond donors (Lipinski definition) is 1. The van der Waals surface area contributed by atoms with E-state index in [4.69, 9.17) is 0 Å². The van der Waals surface area contributed by atoms with Crippen LogP contribution in [0.25, 0.3) is 10.2 Å². The lowest BCUT2D eigenvalue weighted by Crippen LogP contribution is -2.51. The summed E-state index contributed by atoms with van der Waals surface area (Å²) in [7, 11) is 2.10. The maximum Gasteiger partial charge on any atom is 0.259 e. The first-order valence-electron chi connectivity index (χ1n) is 10.5. The molecule has 31 heavy (non-hydrogen) atoms. The van der Waals surface area contributed by atoms with E-state index in [0.29, 0.717) is 23.5 Å². The van der Waals surface area contributed by atoms with Crippen molar-refractivity contribution < 1.29 is 4.79 Å². The molecule has 1 aromatic carbocycles. The van der Waals surface area contributed by atoms with Gasteiger partial charge in [-0.1, -0.05) is 30.3 Å². The Morgan fingerprint density at radius 1 is 1.29 bits per heavy atom. The summed E-state index contributed by atoms with van der Waals surface area (Å²) in [6, 6.07) is 10.3. The number of rotatable bonds is 5. The van der Waals surface area contributed by atoms with E-state index in [0.717, 1.165) is 28.4 Å². The highest BCUT2D eigenvalue weighted by Gasteiger charge is 2.32. The highest BCUT2D eigenvalue weighted by molar-refractivity contribution is 7.99. The smallest absolute Gasteiger partial charge is 0.259 e. The first-order chi connectivity index (χ1) is 14.8. The molecule has 1 fully saturated rings. The van der Waals surface area contributed by atoms with Crippen molar-refractivity contribution in [1.29, 1.82) is 0 Å². The zero-order valence-electron chi connectivity index (χ0n) is 18.3. The van der Waals surface area contributed by atoms with Crippen LogP contribution in [0.4, 0.5) is 0 Å². The van der Waals surface area contributed by atoms with Crippen LogP contribution >= 0.6 is 23.1 Å². The molecule has 2 atom stereocenters. The second-order valence-electron chi connectivity index (χ2n) is 8.15. The van der Waals surface area contributed by atoms with Crippen LogP contribution in [-0.2, 0) is 10.5 Å². The molecule has 1 aliphatic rings. The predicted octanol–water partition coefficient (Wildman–Crippen LogP) is 3.74. The van der Waals surface area contributed by atoms with Crippen LogP contribution in [-0.4, -0.2) is 57.6 Å². The maximum absolute atomic E-state index is 13.3. The molecule has 8 heteroatoms. The molecule has 2 unspecified atom stereocenters. The minimum Gasteiger partial charge on any atom is -0.332 e. The number of benzene rings is 1. The van der Waals surface area contributed by atoms with Gasteiger partial charge in [0, 0.05) is 24.5 Å². The number of thioether (sulfide) groups is 1. The lowest BCUT2D eigenvalue weighted by molar-refractivity contribution is -0.135. The Bertz CT molecular complexity index is 1140. The number of carbonyl (C=O) groups is 1. The number of aromatic amines is 1. The summed E-state index contributed by atoms with van der Waals surface area (Å²) >= 11 is 3.07. The van der Waals surface area contributed by atoms with Gasteiger partial charge in [0.25, 0.3) is 5.56 Å². The third-order valence-corrected chi connectivity index (χ3v) is 8.20. The number of aromatic nitrogens is 2. The number of piperazine rings is 1. The van der Waals surface area contributed by atoms with Crippen molar-refractivity contribution in [2.45, 2.75) is 37.8 Å². The molecular formula is C23H28N4O2S2. The van der Waals surface area contributed by atoms with E-state index in [9.17, 15) is 9.59 Å². The van der Waals surface area contributed by atoms with Gasteiger partial charge in [-0.15, -0.1) is 23.1 Å². The van der Waals surface area contributed by atoms with Gasteiger partial charge in [0.2, 0.25) is 5.91 Å². The topological polar surface area (TPSA) is 69.3 Å². The predicted molar refractivity (Wildman–Crippen MR) is 129 cm³/mol. The van der Waals surface area contributed by atoms with Gasteiger partial charge in [-0.05, 0) is 38.9 Å². The van der Waals surface area contributed by atoms with Crippen LogP contribution in [0, 0.1) is 13.8 Å². The fourth-order valence-electron chi connectivity index (χ4n) is 4.02. The molecule has 0 aliphatic carbocycles. The average molecular weight is 457 g/mol. The third kappa shape index (κ3) is 4.56. The number of nitrogens with one attached hydrogen (secondary N) is 1. The Balaban J connectivity index is 1.48. The number of fused-ring (bicyclic) bond motifs is 1. The second kappa shape index (κ2) is 9.14. The monoisotopic (exact) mass is 456 g/mol. The SMILES string of the molecule is Cc1sc2nc(CSC(C)C(=O)N3CCN(C)CC3c3ccccc3)[nH]c(=O)c2c1C. The van der Waals surface area contributed by atoms with Crippen LogP contribution in [0.15, 0.2) is 35.1 Å². The Kier molecular flexibility index (Phi) is 6.50. The normalized spacial score (nSPS) is 18.5. The van der Waals surface area contributed by atoms with Crippen molar-refractivity contribution in [3.63, 3.8) is 0 Å². The summed E-state index contributed by atoms with van der Waals surface area (Å²) in [5.41, 5.74) is 2.07. The number of likely N-dealkylation sites (N-methyl/N-ethyl adjacent to an activating group) is 1. The molecule has 6 nitrogen and oxygen atoms in total. The standard InChI is InChI=1S/C23H28N4O2S2/c1-14-15(2)31-22-20(14)21(28)24-19(25-22)13-30-16(3)23(29)27-11-10-26(4)12-18(27)17-8-6-5-7-9-17/h5-9,16,18H,10-13H2,1-4H3,(H,24,25,28). The van der Waals surface area contributed by atoms with Gasteiger partial charge in [-0.3, -0.25) is 9.59 Å². The van der Waals surface area contributed by atoms with Crippen molar-refractivity contribution in [3.05, 3.63) is 62.5 Å². The summed E-state index contributed by atoms with van der Waals surface area (Å²) in [5, 5.41) is 0.464. The molecule has 0 saturated carbocycles. The van der Waals surface area contributed by atoms with E-state index in [1.165, 1.54) is 17.3 Å². The summed E-state index contributed by atoms with van der Waals surface area (Å²) in [6.07, 6.45) is 0. The number of thiophene rings is 1. The van der Waals surface area contributed by atoms with Gasteiger partial charge in [-0.2, -0.15) is 0 Å². The number of amides is 1. The van der Waals surface area contributed by atoms with Gasteiger partial charge in [0.1, 0.15) is 10.7 Å². The highest BCUT2D eigenvalue weighted by atomic mass is 32.2. The molecule has 0 bridgehead atoms. The number of H-pyrrole nitrogens is 1. The third-order valence-electron chi connectivity index (χ3n) is 5.96. The van der Waals surface area contributed by atoms with Gasteiger partial charge >= 0.3 is 0 Å². The second-order valence-corrected chi connectivity index (χ2v) is 10.7. The number of carbonyl (C=O) groups excluding carboxylic acids is 1. The molecule has 3 aromatic rings. The van der Waals surface area contributed by atoms with Crippen LogP contribution in [0.2, 0.25) is 0 Å². The maximum atomic E-state index is 13.3. The van der Waals surface area contributed by atoms with Crippen molar-refractivity contribution in [1.82, 2.24) is 19.8 Å². The van der Waals surface area contributed by atoms with E-state index in [-0.39, 0.29) is 22.8 Å². The lowest BCUT2D eigenvalue weighted by atomic mass is 10.0. The molecule has 4 rings (SSSR count). The molecule has 164 valence electrons. The molecule has 1 amide bonds. The highest BCUT2D eigenvalue weighted by Crippen LogP contribution is 2.29. The fourth-order valence-corrected chi connectivity index (χ4v) is 5.89. The van der Waals surface area contributed by atoms with Gasteiger partial charge in [0.05, 0.1) is 22.4 Å². The van der Waals surface area contributed by atoms with Crippen LogP contribution in [0.1, 0.15) is 34.8 Å². The molecule has 1 saturated heterocycles. The van der Waals surface area contributed by atoms with E-state index < -0.39 is 0 Å². The van der Waals surface area contributed by atoms with Crippen molar-refractivity contribution in [2.24, 2.45) is 0 Å². The van der Waals surface area contributed by atoms with E-state index in [2.05, 4.69) is 34.0 Å². The Labute approximate surface area is 190 Å². The zero-order valence-corrected chi connectivity index (χ0v) is 20.0. The van der Waals surface area contributed by atoms with Crippen molar-refractivity contribution in [3.8, 4) is 0 Å². The Morgan fingerprint density at radius 2 is 2.03 bits per heavy atom. The lowest BCUT2D eigenvalue weighted by Gasteiger charge is -2.41. The molecule has 1 aliphatic heterocycles. The summed E-state index contributed by atoms with van der Waals surface area (Å²) in [5.74, 6) is 1.26. The van der Waals surface area contributed by atoms with Crippen LogP contribution < -0.4 is 5.56 Å². The van der Waals surface area contributed by atoms with Gasteiger partial charge < -0.3 is 14.8 Å². The summed E-state index contributed by atoms with van der Waals surface area (Å²) < 4.78 is 0. The summed E-state index contributed by atoms with van der Waals surface area (Å²) in [4.78, 5) is 39.6. The molecule has 0 spiro atoms. The molecule has 3 heterocycles. The zero-order chi connectivity index (χ0) is 22.1. The molecule has 0 radical (unpaired) electrons. The van der Waals surface area contributed by atoms with E-state index >= 15 is 0 Å². The molecule has 1 N–H and O–H groups in total. The van der Waals surface area contributed by atoms with Crippen LogP contribution in [0.5, 0.6) is 0 Å². The van der Waals surface area contributed by atoms with E-state index in [1.807, 2.05) is 43.9 Å². The van der Waals surface area contributed by atoms with Gasteiger partial charge in [-0.25, -0.2) is 4.98 Å². The number of hydrogen-bond acceptors (Lipinski definition) is 6. The summed E-state index contributed by atoms with van der Waals surface area (Å²) in [6.45, 7) is 8.33. The van der Waals surface area contributed by atoms with E-state index in [1.54, 1.807) is 11.3 Å². The minimum atomic E-state index is -0.220. The minimum absolute atomic E-state index is 0.0573. The molecular weight excluding hydrogens is 428 g/mol. The first kappa shape index (κ1) is 22.0. The quantitative estimate of drug-likeness (QED) is 0.633. The largest absolute Gasteiger partial charge is 0.332 e. The van der Waals surface area contributed by atoms with Gasteiger partial charge in [0.15, 0.2) is 0 Å². The first-order valence-corrected chi connectivity index (χ1v) is 12.4. The van der Waals surface area contributed by atoms with Crippen molar-refractivity contribution >= 4 is 39.2 Å². The molecule has 2 aromatic heterocycles. The fraction of sp³-hybridized carbons (Fsp3) is 0.435. The number of nitrogens with zero attached hydrogens (tertiary/aromatic N) is 3. The average Bonchev–Trinajstić information content (AvgIpc) is 3.06. The van der Waals surface area contributed by atoms with Crippen molar-refractivity contribution in [2.75, 3.05) is 26.7 Å². The number of aryl methyl sites for hydroxylation is 2. The Hall–Kier alpha value is -2.16. The van der Waals surface area contributed by atoms with Crippen LogP contribution in [0.3, 0.4) is 0 Å².